The van der Waals surface area contributed by atoms with Crippen LogP contribution in [0.4, 0.5) is 0 Å². The number of ether oxygens (including phenoxy) is 2. The summed E-state index contributed by atoms with van der Waals surface area (Å²) in [6, 6.07) is 5.60. The second kappa shape index (κ2) is 7.63. The Morgan fingerprint density at radius 1 is 1.32 bits per heavy atom. The second-order valence-corrected chi connectivity index (χ2v) is 4.17. The van der Waals surface area contributed by atoms with E-state index in [1.54, 1.807) is 6.07 Å². The highest BCUT2D eigenvalue weighted by Crippen LogP contribution is 2.30. The Labute approximate surface area is 113 Å². The highest BCUT2D eigenvalue weighted by molar-refractivity contribution is 5.79. The number of benzene rings is 1. The monoisotopic (exact) mass is 266 g/mol. The first kappa shape index (κ1) is 15.3. The Kier molecular flexibility index (Phi) is 6.15. The number of hydrogen-bond acceptors (Lipinski definition) is 4. The molecule has 0 aliphatic carbocycles. The van der Waals surface area contributed by atoms with Crippen molar-refractivity contribution in [2.75, 3.05) is 13.2 Å². The van der Waals surface area contributed by atoms with Crippen molar-refractivity contribution >= 4 is 5.91 Å². The van der Waals surface area contributed by atoms with E-state index in [0.717, 1.165) is 12.0 Å². The molecular formula is C14H22N2O3. The molecule has 0 fully saturated rings. The minimum Gasteiger partial charge on any atom is -0.490 e. The fourth-order valence-electron chi connectivity index (χ4n) is 1.74. The summed E-state index contributed by atoms with van der Waals surface area (Å²) in [5.41, 5.74) is 11.9. The van der Waals surface area contributed by atoms with Crippen LogP contribution in [-0.4, -0.2) is 25.2 Å². The van der Waals surface area contributed by atoms with Crippen molar-refractivity contribution in [3.8, 4) is 11.5 Å². The molecule has 19 heavy (non-hydrogen) atoms. The number of rotatable bonds is 8. The van der Waals surface area contributed by atoms with Crippen LogP contribution >= 0.6 is 0 Å². The molecule has 0 bridgehead atoms. The molecule has 1 unspecified atom stereocenters. The van der Waals surface area contributed by atoms with E-state index in [-0.39, 0.29) is 0 Å². The molecule has 0 radical (unpaired) electrons. The van der Waals surface area contributed by atoms with Crippen molar-refractivity contribution in [2.24, 2.45) is 11.5 Å². The molecule has 0 spiro atoms. The van der Waals surface area contributed by atoms with E-state index in [2.05, 4.69) is 0 Å². The maximum atomic E-state index is 11.2. The van der Waals surface area contributed by atoms with E-state index in [1.807, 2.05) is 26.0 Å². The fraction of sp³-hybridized carbons (Fsp3) is 0.500. The quantitative estimate of drug-likeness (QED) is 0.740. The van der Waals surface area contributed by atoms with Crippen LogP contribution in [0.3, 0.4) is 0 Å². The van der Waals surface area contributed by atoms with Gasteiger partial charge in [-0.05, 0) is 44.0 Å². The third-order valence-corrected chi connectivity index (χ3v) is 2.70. The minimum absolute atomic E-state index is 0.476. The summed E-state index contributed by atoms with van der Waals surface area (Å²) >= 11 is 0. The van der Waals surface area contributed by atoms with Crippen molar-refractivity contribution < 1.29 is 14.3 Å². The Morgan fingerprint density at radius 3 is 2.58 bits per heavy atom. The summed E-state index contributed by atoms with van der Waals surface area (Å²) in [6.45, 7) is 4.84. The van der Waals surface area contributed by atoms with Crippen LogP contribution in [0.5, 0.6) is 11.5 Å². The highest BCUT2D eigenvalue weighted by Gasteiger charge is 2.17. The maximum absolute atomic E-state index is 11.2. The van der Waals surface area contributed by atoms with E-state index in [0.29, 0.717) is 31.1 Å². The summed E-state index contributed by atoms with van der Waals surface area (Å²) in [5.74, 6) is 0.678. The molecule has 5 heteroatoms. The molecule has 0 saturated heterocycles. The van der Waals surface area contributed by atoms with Gasteiger partial charge in [-0.2, -0.15) is 0 Å². The third kappa shape index (κ3) is 4.44. The molecule has 5 nitrogen and oxygen atoms in total. The van der Waals surface area contributed by atoms with Crippen molar-refractivity contribution in [1.29, 1.82) is 0 Å². The van der Waals surface area contributed by atoms with Crippen LogP contribution < -0.4 is 20.9 Å². The van der Waals surface area contributed by atoms with E-state index in [9.17, 15) is 4.79 Å². The molecule has 1 atom stereocenters. The summed E-state index contributed by atoms with van der Waals surface area (Å²) in [5, 5.41) is 0. The number of amides is 1. The van der Waals surface area contributed by atoms with Gasteiger partial charge < -0.3 is 20.9 Å². The van der Waals surface area contributed by atoms with Crippen LogP contribution in [0.1, 0.15) is 25.8 Å². The van der Waals surface area contributed by atoms with Gasteiger partial charge in [0.25, 0.3) is 5.91 Å². The lowest BCUT2D eigenvalue weighted by atomic mass is 10.1. The van der Waals surface area contributed by atoms with E-state index in [1.165, 1.54) is 0 Å². The molecule has 1 aromatic carbocycles. The molecule has 4 N–H and O–H groups in total. The molecular weight excluding hydrogens is 244 g/mol. The van der Waals surface area contributed by atoms with Gasteiger partial charge in [-0.1, -0.05) is 13.0 Å². The third-order valence-electron chi connectivity index (χ3n) is 2.70. The molecule has 106 valence electrons. The Balaban J connectivity index is 2.94. The molecule has 0 heterocycles. The normalized spacial score (nSPS) is 11.9. The summed E-state index contributed by atoms with van der Waals surface area (Å²) < 4.78 is 11.1. The molecule has 1 rings (SSSR count). The zero-order valence-electron chi connectivity index (χ0n) is 11.5. The summed E-state index contributed by atoms with van der Waals surface area (Å²) in [7, 11) is 0. The van der Waals surface area contributed by atoms with Crippen molar-refractivity contribution in [1.82, 2.24) is 0 Å². The molecule has 0 aliphatic rings. The molecule has 0 aliphatic heterocycles. The van der Waals surface area contributed by atoms with Crippen molar-refractivity contribution in [3.63, 3.8) is 0 Å². The predicted octanol–water partition coefficient (Wildman–Crippen LogP) is 1.23. The van der Waals surface area contributed by atoms with Crippen LogP contribution in [0.25, 0.3) is 0 Å². The Hall–Kier alpha value is -1.75. The maximum Gasteiger partial charge on any atom is 0.258 e. The fourth-order valence-corrected chi connectivity index (χ4v) is 1.74. The van der Waals surface area contributed by atoms with Crippen LogP contribution in [-0.2, 0) is 11.2 Å². The summed E-state index contributed by atoms with van der Waals surface area (Å²) in [4.78, 5) is 11.2. The number of primary amides is 1. The lowest BCUT2D eigenvalue weighted by Crippen LogP contribution is -2.33. The standard InChI is InChI=1S/C14H22N2O3/c1-3-11(14(16)17)19-12-6-5-10(7-8-15)9-13(12)18-4-2/h5-6,9,11H,3-4,7-8,15H2,1-2H3,(H2,16,17). The zero-order valence-corrected chi connectivity index (χ0v) is 11.5. The van der Waals surface area contributed by atoms with Gasteiger partial charge in [-0.15, -0.1) is 0 Å². The van der Waals surface area contributed by atoms with Gasteiger partial charge in [-0.3, -0.25) is 4.79 Å². The molecule has 1 aromatic rings. The first-order valence-corrected chi connectivity index (χ1v) is 6.54. The smallest absolute Gasteiger partial charge is 0.258 e. The second-order valence-electron chi connectivity index (χ2n) is 4.17. The van der Waals surface area contributed by atoms with Crippen LogP contribution in [0, 0.1) is 0 Å². The highest BCUT2D eigenvalue weighted by atomic mass is 16.5. The molecule has 0 saturated carbocycles. The van der Waals surface area contributed by atoms with Crippen LogP contribution in [0.15, 0.2) is 18.2 Å². The first-order valence-electron chi connectivity index (χ1n) is 6.54. The average Bonchev–Trinajstić information content (AvgIpc) is 2.38. The van der Waals surface area contributed by atoms with Gasteiger partial charge in [0, 0.05) is 0 Å². The number of carbonyl (C=O) groups excluding carboxylic acids is 1. The molecule has 1 amide bonds. The number of nitrogens with two attached hydrogens (primary N) is 2. The Bertz CT molecular complexity index is 421. The summed E-state index contributed by atoms with van der Waals surface area (Å²) in [6.07, 6.45) is 0.651. The van der Waals surface area contributed by atoms with Gasteiger partial charge in [0.1, 0.15) is 0 Å². The van der Waals surface area contributed by atoms with Crippen molar-refractivity contribution in [3.05, 3.63) is 23.8 Å². The number of hydrogen-bond donors (Lipinski definition) is 2. The molecule has 0 aromatic heterocycles. The van der Waals surface area contributed by atoms with E-state index >= 15 is 0 Å². The Morgan fingerprint density at radius 2 is 2.05 bits per heavy atom. The van der Waals surface area contributed by atoms with Gasteiger partial charge in [0.15, 0.2) is 17.6 Å². The zero-order chi connectivity index (χ0) is 14.3. The van der Waals surface area contributed by atoms with Gasteiger partial charge in [0.05, 0.1) is 6.61 Å². The lowest BCUT2D eigenvalue weighted by molar-refractivity contribution is -0.124. The van der Waals surface area contributed by atoms with Crippen molar-refractivity contribution in [2.45, 2.75) is 32.8 Å². The van der Waals surface area contributed by atoms with Gasteiger partial charge in [-0.25, -0.2) is 0 Å². The lowest BCUT2D eigenvalue weighted by Gasteiger charge is -2.17. The topological polar surface area (TPSA) is 87.6 Å². The van der Waals surface area contributed by atoms with Gasteiger partial charge in [0.2, 0.25) is 0 Å². The number of carbonyl (C=O) groups is 1. The van der Waals surface area contributed by atoms with Crippen LogP contribution in [0.2, 0.25) is 0 Å². The van der Waals surface area contributed by atoms with E-state index < -0.39 is 12.0 Å². The minimum atomic E-state index is -0.639. The first-order chi connectivity index (χ1) is 9.12. The predicted molar refractivity (Wildman–Crippen MR) is 74.3 cm³/mol. The SMILES string of the molecule is CCOc1cc(CCN)ccc1OC(CC)C(N)=O. The largest absolute Gasteiger partial charge is 0.490 e. The van der Waals surface area contributed by atoms with E-state index in [4.69, 9.17) is 20.9 Å². The van der Waals surface area contributed by atoms with Gasteiger partial charge >= 0.3 is 0 Å². The average molecular weight is 266 g/mol.